The van der Waals surface area contributed by atoms with Crippen LogP contribution in [0.5, 0.6) is 0 Å². The molecule has 1 atom stereocenters. The molecule has 2 amide bonds. The fourth-order valence-corrected chi connectivity index (χ4v) is 1.42. The molecule has 3 N–H and O–H groups in total. The first-order valence-corrected chi connectivity index (χ1v) is 6.66. The lowest BCUT2D eigenvalue weighted by Gasteiger charge is -2.20. The number of amides is 2. The van der Waals surface area contributed by atoms with Crippen molar-refractivity contribution in [3.05, 3.63) is 0 Å². The number of aliphatic carboxylic acids is 1. The molecule has 0 bridgehead atoms. The molecule has 0 rings (SSSR count). The Morgan fingerprint density at radius 2 is 1.84 bits per heavy atom. The number of hydrogen-bond donors (Lipinski definition) is 3. The molecule has 0 spiro atoms. The third kappa shape index (κ3) is 10.3. The van der Waals surface area contributed by atoms with E-state index in [4.69, 9.17) is 9.84 Å². The smallest absolute Gasteiger partial charge is 0.315 e. The van der Waals surface area contributed by atoms with Gasteiger partial charge < -0.3 is 20.5 Å². The van der Waals surface area contributed by atoms with Crippen LogP contribution in [0, 0.1) is 11.8 Å². The van der Waals surface area contributed by atoms with Crippen molar-refractivity contribution in [3.63, 3.8) is 0 Å². The lowest BCUT2D eigenvalue weighted by atomic mass is 10.0. The lowest BCUT2D eigenvalue weighted by molar-refractivity contribution is -0.137. The minimum atomic E-state index is -0.917. The zero-order chi connectivity index (χ0) is 14.8. The average Bonchev–Trinajstić information content (AvgIpc) is 2.26. The van der Waals surface area contributed by atoms with E-state index in [0.717, 1.165) is 0 Å². The topological polar surface area (TPSA) is 87.7 Å². The van der Waals surface area contributed by atoms with Crippen LogP contribution < -0.4 is 10.6 Å². The van der Waals surface area contributed by atoms with Gasteiger partial charge in [-0.05, 0) is 11.8 Å². The Hall–Kier alpha value is -1.30. The van der Waals surface area contributed by atoms with E-state index in [9.17, 15) is 9.59 Å². The predicted octanol–water partition coefficient (Wildman–Crippen LogP) is 1.46. The molecule has 0 saturated heterocycles. The maximum Gasteiger partial charge on any atom is 0.315 e. The molecule has 19 heavy (non-hydrogen) atoms. The van der Waals surface area contributed by atoms with Gasteiger partial charge in [0, 0.05) is 19.2 Å². The van der Waals surface area contributed by atoms with E-state index in [1.807, 2.05) is 13.8 Å². The maximum atomic E-state index is 11.6. The van der Waals surface area contributed by atoms with Gasteiger partial charge in [0.1, 0.15) is 0 Å². The minimum absolute atomic E-state index is 0.0686. The van der Waals surface area contributed by atoms with Gasteiger partial charge in [-0.3, -0.25) is 4.79 Å². The zero-order valence-corrected chi connectivity index (χ0v) is 12.2. The van der Waals surface area contributed by atoms with Crippen molar-refractivity contribution in [2.24, 2.45) is 11.8 Å². The van der Waals surface area contributed by atoms with Gasteiger partial charge in [0.05, 0.1) is 13.0 Å². The number of carboxylic acid groups (broad SMARTS) is 1. The van der Waals surface area contributed by atoms with Crippen molar-refractivity contribution in [1.82, 2.24) is 10.6 Å². The molecule has 0 aliphatic carbocycles. The summed E-state index contributed by atoms with van der Waals surface area (Å²) in [5.41, 5.74) is 0. The first-order valence-electron chi connectivity index (χ1n) is 6.66. The second-order valence-electron chi connectivity index (χ2n) is 5.32. The largest absolute Gasteiger partial charge is 0.481 e. The molecular formula is C13H26N2O4. The molecule has 0 aromatic carbocycles. The summed E-state index contributed by atoms with van der Waals surface area (Å²) in [5.74, 6) is -0.381. The number of carbonyl (C=O) groups is 2. The van der Waals surface area contributed by atoms with Crippen LogP contribution in [0.15, 0.2) is 0 Å². The molecule has 0 fully saturated rings. The number of urea groups is 1. The average molecular weight is 274 g/mol. The molecule has 0 aromatic rings. The number of hydrogen-bond acceptors (Lipinski definition) is 3. The number of ether oxygens (including phenoxy) is 1. The van der Waals surface area contributed by atoms with Crippen LogP contribution in [0.1, 0.15) is 34.1 Å². The second kappa shape index (κ2) is 9.61. The van der Waals surface area contributed by atoms with E-state index in [1.165, 1.54) is 0 Å². The van der Waals surface area contributed by atoms with Crippen LogP contribution >= 0.6 is 0 Å². The number of nitrogens with one attached hydrogen (secondary N) is 2. The van der Waals surface area contributed by atoms with Crippen molar-refractivity contribution in [2.75, 3.05) is 19.8 Å². The van der Waals surface area contributed by atoms with Crippen LogP contribution in [0.3, 0.4) is 0 Å². The molecule has 0 heterocycles. The van der Waals surface area contributed by atoms with Gasteiger partial charge in [-0.1, -0.05) is 27.7 Å². The normalized spacial score (nSPS) is 12.5. The van der Waals surface area contributed by atoms with E-state index in [-0.39, 0.29) is 24.4 Å². The van der Waals surface area contributed by atoms with Gasteiger partial charge >= 0.3 is 12.0 Å². The highest BCUT2D eigenvalue weighted by atomic mass is 16.5. The molecule has 0 aromatic heterocycles. The monoisotopic (exact) mass is 274 g/mol. The van der Waals surface area contributed by atoms with Crippen molar-refractivity contribution >= 4 is 12.0 Å². The van der Waals surface area contributed by atoms with Crippen molar-refractivity contribution in [3.8, 4) is 0 Å². The van der Waals surface area contributed by atoms with Crippen LogP contribution in [-0.2, 0) is 9.53 Å². The number of carbonyl (C=O) groups excluding carboxylic acids is 1. The fraction of sp³-hybridized carbons (Fsp3) is 0.846. The summed E-state index contributed by atoms with van der Waals surface area (Å²) in [6.07, 6.45) is -0.0745. The Kier molecular flexibility index (Phi) is 8.95. The van der Waals surface area contributed by atoms with E-state index < -0.39 is 5.97 Å². The van der Waals surface area contributed by atoms with Crippen LogP contribution in [0.25, 0.3) is 0 Å². The third-order valence-electron chi connectivity index (χ3n) is 2.50. The molecule has 112 valence electrons. The molecule has 0 aliphatic rings. The van der Waals surface area contributed by atoms with Gasteiger partial charge in [-0.2, -0.15) is 0 Å². The van der Waals surface area contributed by atoms with Crippen molar-refractivity contribution < 1.29 is 19.4 Å². The SMILES string of the molecule is CC(C)COCCNC(=O)NC(CC(=O)O)C(C)C. The molecule has 0 radical (unpaired) electrons. The molecular weight excluding hydrogens is 248 g/mol. The van der Waals surface area contributed by atoms with E-state index in [0.29, 0.717) is 25.7 Å². The van der Waals surface area contributed by atoms with Gasteiger partial charge in [-0.15, -0.1) is 0 Å². The fourth-order valence-electron chi connectivity index (χ4n) is 1.42. The molecule has 6 heteroatoms. The summed E-state index contributed by atoms with van der Waals surface area (Å²) < 4.78 is 5.33. The summed E-state index contributed by atoms with van der Waals surface area (Å²) in [5, 5.41) is 14.1. The van der Waals surface area contributed by atoms with Crippen molar-refractivity contribution in [2.45, 2.75) is 40.2 Å². The molecule has 1 unspecified atom stereocenters. The van der Waals surface area contributed by atoms with E-state index >= 15 is 0 Å². The summed E-state index contributed by atoms with van der Waals surface area (Å²) in [6.45, 7) is 9.39. The molecule has 0 aliphatic heterocycles. The minimum Gasteiger partial charge on any atom is -0.481 e. The Labute approximate surface area is 114 Å². The van der Waals surface area contributed by atoms with Crippen molar-refractivity contribution in [1.29, 1.82) is 0 Å². The van der Waals surface area contributed by atoms with Gasteiger partial charge in [0.25, 0.3) is 0 Å². The molecule has 6 nitrogen and oxygen atoms in total. The first-order chi connectivity index (χ1) is 8.82. The highest BCUT2D eigenvalue weighted by Crippen LogP contribution is 2.05. The first kappa shape index (κ1) is 17.7. The van der Waals surface area contributed by atoms with Crippen LogP contribution in [0.2, 0.25) is 0 Å². The summed E-state index contributed by atoms with van der Waals surface area (Å²) in [7, 11) is 0. The highest BCUT2D eigenvalue weighted by molar-refractivity contribution is 5.75. The molecule has 0 saturated carbocycles. The lowest BCUT2D eigenvalue weighted by Crippen LogP contribution is -2.46. The van der Waals surface area contributed by atoms with Gasteiger partial charge in [0.2, 0.25) is 0 Å². The Balaban J connectivity index is 3.84. The Morgan fingerprint density at radius 1 is 1.21 bits per heavy atom. The number of carboxylic acids is 1. The van der Waals surface area contributed by atoms with Gasteiger partial charge in [-0.25, -0.2) is 4.79 Å². The van der Waals surface area contributed by atoms with Gasteiger partial charge in [0.15, 0.2) is 0 Å². The Bertz CT molecular complexity index is 280. The Morgan fingerprint density at radius 3 is 2.32 bits per heavy atom. The maximum absolute atomic E-state index is 11.6. The van der Waals surface area contributed by atoms with Crippen LogP contribution in [-0.4, -0.2) is 42.9 Å². The van der Waals surface area contributed by atoms with Crippen LogP contribution in [0.4, 0.5) is 4.79 Å². The zero-order valence-electron chi connectivity index (χ0n) is 12.2. The summed E-state index contributed by atoms with van der Waals surface area (Å²) >= 11 is 0. The second-order valence-corrected chi connectivity index (χ2v) is 5.32. The summed E-state index contributed by atoms with van der Waals surface area (Å²) in [6, 6.07) is -0.720. The van der Waals surface area contributed by atoms with E-state index in [1.54, 1.807) is 0 Å². The highest BCUT2D eigenvalue weighted by Gasteiger charge is 2.18. The standard InChI is InChI=1S/C13H26N2O4/c1-9(2)8-19-6-5-14-13(18)15-11(10(3)4)7-12(16)17/h9-11H,5-8H2,1-4H3,(H,16,17)(H2,14,15,18). The predicted molar refractivity (Wildman–Crippen MR) is 73.1 cm³/mol. The quantitative estimate of drug-likeness (QED) is 0.555. The third-order valence-corrected chi connectivity index (χ3v) is 2.50. The van der Waals surface area contributed by atoms with E-state index in [2.05, 4.69) is 24.5 Å². The number of rotatable bonds is 9. The summed E-state index contributed by atoms with van der Waals surface area (Å²) in [4.78, 5) is 22.2.